The van der Waals surface area contributed by atoms with Crippen LogP contribution in [-0.4, -0.2) is 16.9 Å². The van der Waals surface area contributed by atoms with E-state index < -0.39 is 0 Å². The van der Waals surface area contributed by atoms with Gasteiger partial charge < -0.3 is 10.3 Å². The molecule has 2 N–H and O–H groups in total. The molecule has 1 aliphatic carbocycles. The summed E-state index contributed by atoms with van der Waals surface area (Å²) >= 11 is 0. The fourth-order valence-electron chi connectivity index (χ4n) is 2.30. The van der Waals surface area contributed by atoms with Crippen LogP contribution in [0, 0.1) is 6.92 Å². The summed E-state index contributed by atoms with van der Waals surface area (Å²) in [5.74, 6) is 0.116. The second kappa shape index (κ2) is 5.12. The molecule has 0 bridgehead atoms. The zero-order valence-electron chi connectivity index (χ0n) is 11.5. The molecule has 1 amide bonds. The van der Waals surface area contributed by atoms with Gasteiger partial charge in [0.2, 0.25) is 5.91 Å². The Morgan fingerprint density at radius 3 is 2.90 bits per heavy atom. The van der Waals surface area contributed by atoms with E-state index in [0.717, 1.165) is 29.3 Å². The Morgan fingerprint density at radius 1 is 1.35 bits per heavy atom. The summed E-state index contributed by atoms with van der Waals surface area (Å²) in [7, 11) is 0. The number of aryl methyl sites for hydroxylation is 2. The van der Waals surface area contributed by atoms with Gasteiger partial charge in [-0.05, 0) is 49.3 Å². The van der Waals surface area contributed by atoms with Crippen LogP contribution in [0.2, 0.25) is 0 Å². The smallest absolute Gasteiger partial charge is 0.251 e. The average Bonchev–Trinajstić information content (AvgIpc) is 3.22. The molecule has 20 heavy (non-hydrogen) atoms. The fraction of sp³-hybridized carbons (Fsp3) is 0.375. The first-order valence-electron chi connectivity index (χ1n) is 7.04. The topological polar surface area (TPSA) is 62.0 Å². The molecule has 1 aromatic heterocycles. The standard InChI is InChI=1S/C16H18N2O2/c1-10-8-12-4-2-11(9-14(12)18-16(10)20)3-7-15(19)17-13-5-6-13/h2,4,8-9,13H,3,5-7H2,1H3,(H,17,19)(H,18,20). The van der Waals surface area contributed by atoms with Gasteiger partial charge in [-0.15, -0.1) is 0 Å². The van der Waals surface area contributed by atoms with Gasteiger partial charge in [0.1, 0.15) is 0 Å². The first-order chi connectivity index (χ1) is 9.61. The number of aromatic nitrogens is 1. The largest absolute Gasteiger partial charge is 0.353 e. The first-order valence-corrected chi connectivity index (χ1v) is 7.04. The van der Waals surface area contributed by atoms with Crippen LogP contribution >= 0.6 is 0 Å². The highest BCUT2D eigenvalue weighted by molar-refractivity contribution is 5.80. The number of carbonyl (C=O) groups excluding carboxylic acids is 1. The number of nitrogens with one attached hydrogen (secondary N) is 2. The fourth-order valence-corrected chi connectivity index (χ4v) is 2.30. The zero-order valence-corrected chi connectivity index (χ0v) is 11.5. The summed E-state index contributed by atoms with van der Waals surface area (Å²) in [6, 6.07) is 8.27. The summed E-state index contributed by atoms with van der Waals surface area (Å²) in [6.45, 7) is 1.80. The average molecular weight is 270 g/mol. The van der Waals surface area contributed by atoms with Gasteiger partial charge in [0, 0.05) is 23.5 Å². The van der Waals surface area contributed by atoms with Crippen LogP contribution in [0.3, 0.4) is 0 Å². The lowest BCUT2D eigenvalue weighted by Crippen LogP contribution is -2.25. The molecular formula is C16H18N2O2. The van der Waals surface area contributed by atoms with Crippen molar-refractivity contribution in [1.82, 2.24) is 10.3 Å². The molecule has 104 valence electrons. The number of H-pyrrole nitrogens is 1. The Bertz CT molecular complexity index is 714. The van der Waals surface area contributed by atoms with Gasteiger partial charge in [0.05, 0.1) is 0 Å². The molecule has 0 atom stereocenters. The molecule has 1 aliphatic rings. The third-order valence-electron chi connectivity index (χ3n) is 3.68. The van der Waals surface area contributed by atoms with Crippen molar-refractivity contribution >= 4 is 16.8 Å². The zero-order chi connectivity index (χ0) is 14.1. The SMILES string of the molecule is Cc1cc2ccc(CCC(=O)NC3CC3)cc2[nH]c1=O. The molecule has 0 unspecified atom stereocenters. The summed E-state index contributed by atoms with van der Waals surface area (Å²) in [5, 5.41) is 4.00. The predicted molar refractivity (Wildman–Crippen MR) is 78.8 cm³/mol. The number of rotatable bonds is 4. The molecule has 0 aliphatic heterocycles. The number of hydrogen-bond donors (Lipinski definition) is 2. The third-order valence-corrected chi connectivity index (χ3v) is 3.68. The molecule has 4 nitrogen and oxygen atoms in total. The van der Waals surface area contributed by atoms with Gasteiger partial charge >= 0.3 is 0 Å². The van der Waals surface area contributed by atoms with E-state index in [0.29, 0.717) is 24.4 Å². The highest BCUT2D eigenvalue weighted by atomic mass is 16.1. The van der Waals surface area contributed by atoms with Crippen molar-refractivity contribution in [2.24, 2.45) is 0 Å². The van der Waals surface area contributed by atoms with Crippen molar-refractivity contribution < 1.29 is 4.79 Å². The summed E-state index contributed by atoms with van der Waals surface area (Å²) in [5.41, 5.74) is 2.57. The van der Waals surface area contributed by atoms with Crippen LogP contribution in [0.25, 0.3) is 10.9 Å². The number of amides is 1. The Hall–Kier alpha value is -2.10. The van der Waals surface area contributed by atoms with Gasteiger partial charge in [-0.2, -0.15) is 0 Å². The lowest BCUT2D eigenvalue weighted by atomic mass is 10.1. The van der Waals surface area contributed by atoms with Crippen molar-refractivity contribution in [1.29, 1.82) is 0 Å². The van der Waals surface area contributed by atoms with E-state index in [1.807, 2.05) is 24.3 Å². The number of carbonyl (C=O) groups is 1. The summed E-state index contributed by atoms with van der Waals surface area (Å²) in [6.07, 6.45) is 3.42. The van der Waals surface area contributed by atoms with Crippen molar-refractivity contribution in [3.63, 3.8) is 0 Å². The minimum absolute atomic E-state index is 0.0545. The molecule has 3 rings (SSSR count). The molecular weight excluding hydrogens is 252 g/mol. The Labute approximate surface area is 117 Å². The maximum Gasteiger partial charge on any atom is 0.251 e. The predicted octanol–water partition coefficient (Wildman–Crippen LogP) is 2.05. The quantitative estimate of drug-likeness (QED) is 0.893. The van der Waals surface area contributed by atoms with Gasteiger partial charge in [-0.25, -0.2) is 0 Å². The minimum atomic E-state index is -0.0545. The van der Waals surface area contributed by atoms with Crippen molar-refractivity contribution in [2.75, 3.05) is 0 Å². The molecule has 0 radical (unpaired) electrons. The second-order valence-corrected chi connectivity index (χ2v) is 5.54. The molecule has 1 aromatic carbocycles. The monoisotopic (exact) mass is 270 g/mol. The number of hydrogen-bond acceptors (Lipinski definition) is 2. The molecule has 0 spiro atoms. The third kappa shape index (κ3) is 2.90. The van der Waals surface area contributed by atoms with E-state index in [9.17, 15) is 9.59 Å². The summed E-state index contributed by atoms with van der Waals surface area (Å²) < 4.78 is 0. The van der Waals surface area contributed by atoms with Crippen LogP contribution in [0.15, 0.2) is 29.1 Å². The maximum absolute atomic E-state index is 11.7. The lowest BCUT2D eigenvalue weighted by molar-refractivity contribution is -0.121. The Morgan fingerprint density at radius 2 is 2.15 bits per heavy atom. The molecule has 4 heteroatoms. The van der Waals surface area contributed by atoms with E-state index in [1.165, 1.54) is 0 Å². The first kappa shape index (κ1) is 12.9. The second-order valence-electron chi connectivity index (χ2n) is 5.54. The van der Waals surface area contributed by atoms with Gasteiger partial charge in [-0.3, -0.25) is 9.59 Å². The van der Waals surface area contributed by atoms with E-state index >= 15 is 0 Å². The Kier molecular flexibility index (Phi) is 3.30. The molecule has 1 heterocycles. The number of pyridine rings is 1. The van der Waals surface area contributed by atoms with Crippen molar-refractivity contribution in [2.45, 2.75) is 38.6 Å². The van der Waals surface area contributed by atoms with Crippen LogP contribution in [-0.2, 0) is 11.2 Å². The molecule has 1 fully saturated rings. The molecule has 1 saturated carbocycles. The number of fused-ring (bicyclic) bond motifs is 1. The normalized spacial score (nSPS) is 14.4. The van der Waals surface area contributed by atoms with Crippen LogP contribution in [0.4, 0.5) is 0 Å². The molecule has 0 saturated heterocycles. The number of benzene rings is 1. The lowest BCUT2D eigenvalue weighted by Gasteiger charge is -2.05. The van der Waals surface area contributed by atoms with E-state index in [2.05, 4.69) is 10.3 Å². The Balaban J connectivity index is 1.73. The van der Waals surface area contributed by atoms with Gasteiger partial charge in [-0.1, -0.05) is 12.1 Å². The van der Waals surface area contributed by atoms with Gasteiger partial charge in [0.25, 0.3) is 5.56 Å². The highest BCUT2D eigenvalue weighted by Gasteiger charge is 2.22. The van der Waals surface area contributed by atoms with E-state index in [-0.39, 0.29) is 11.5 Å². The van der Waals surface area contributed by atoms with Crippen molar-refractivity contribution in [3.05, 3.63) is 45.7 Å². The van der Waals surface area contributed by atoms with Crippen LogP contribution < -0.4 is 10.9 Å². The van der Waals surface area contributed by atoms with E-state index in [1.54, 1.807) is 6.92 Å². The van der Waals surface area contributed by atoms with Gasteiger partial charge in [0.15, 0.2) is 0 Å². The minimum Gasteiger partial charge on any atom is -0.353 e. The highest BCUT2D eigenvalue weighted by Crippen LogP contribution is 2.19. The number of aromatic amines is 1. The van der Waals surface area contributed by atoms with Crippen LogP contribution in [0.5, 0.6) is 0 Å². The van der Waals surface area contributed by atoms with E-state index in [4.69, 9.17) is 0 Å². The summed E-state index contributed by atoms with van der Waals surface area (Å²) in [4.78, 5) is 26.2. The maximum atomic E-state index is 11.7. The molecule has 2 aromatic rings. The van der Waals surface area contributed by atoms with Crippen LogP contribution in [0.1, 0.15) is 30.4 Å². The van der Waals surface area contributed by atoms with Crippen molar-refractivity contribution in [3.8, 4) is 0 Å².